The third-order valence-electron chi connectivity index (χ3n) is 3.13. The number of hydrogen-bond donors (Lipinski definition) is 3. The van der Waals surface area contributed by atoms with Crippen LogP contribution in [0.15, 0.2) is 48.5 Å². The van der Waals surface area contributed by atoms with Gasteiger partial charge in [-0.15, -0.1) is 0 Å². The number of benzene rings is 2. The molecule has 0 fully saturated rings. The van der Waals surface area contributed by atoms with E-state index in [1.54, 1.807) is 43.3 Å². The Morgan fingerprint density at radius 3 is 2.33 bits per heavy atom. The van der Waals surface area contributed by atoms with Gasteiger partial charge in [-0.25, -0.2) is 4.79 Å². The van der Waals surface area contributed by atoms with E-state index in [0.29, 0.717) is 11.1 Å². The Hall–Kier alpha value is -2.82. The van der Waals surface area contributed by atoms with Crippen molar-refractivity contribution in [2.75, 3.05) is 0 Å². The minimum Gasteiger partial charge on any atom is -0.508 e. The van der Waals surface area contributed by atoms with Crippen molar-refractivity contribution < 1.29 is 19.8 Å². The molecule has 2 aromatic carbocycles. The summed E-state index contributed by atoms with van der Waals surface area (Å²) in [6, 6.07) is 11.7. The van der Waals surface area contributed by atoms with Crippen molar-refractivity contribution in [3.05, 3.63) is 65.2 Å². The molecule has 0 saturated carbocycles. The maximum atomic E-state index is 12.1. The molecule has 108 valence electrons. The molecule has 0 aliphatic carbocycles. The minimum atomic E-state index is -1.15. The van der Waals surface area contributed by atoms with Crippen LogP contribution < -0.4 is 5.32 Å². The number of hydrogen-bond acceptors (Lipinski definition) is 3. The number of aliphatic carboxylic acids is 1. The van der Waals surface area contributed by atoms with Crippen LogP contribution in [0.25, 0.3) is 0 Å². The Morgan fingerprint density at radius 1 is 1.10 bits per heavy atom. The largest absolute Gasteiger partial charge is 0.508 e. The molecule has 1 amide bonds. The predicted octanol–water partition coefficient (Wildman–Crippen LogP) is 2.26. The maximum Gasteiger partial charge on any atom is 0.330 e. The molecule has 0 saturated heterocycles. The summed E-state index contributed by atoms with van der Waals surface area (Å²) >= 11 is 0. The molecule has 2 rings (SSSR count). The van der Waals surface area contributed by atoms with Gasteiger partial charge in [0.25, 0.3) is 5.91 Å². The van der Waals surface area contributed by atoms with Gasteiger partial charge >= 0.3 is 5.97 Å². The van der Waals surface area contributed by atoms with E-state index in [0.717, 1.165) is 0 Å². The maximum absolute atomic E-state index is 12.1. The van der Waals surface area contributed by atoms with Crippen molar-refractivity contribution in [1.29, 1.82) is 0 Å². The van der Waals surface area contributed by atoms with Crippen molar-refractivity contribution in [3.8, 4) is 5.75 Å². The Morgan fingerprint density at radius 2 is 1.76 bits per heavy atom. The quantitative estimate of drug-likeness (QED) is 0.804. The lowest BCUT2D eigenvalue weighted by Crippen LogP contribution is -2.33. The molecule has 5 heteroatoms. The van der Waals surface area contributed by atoms with Gasteiger partial charge in [0, 0.05) is 5.56 Å². The van der Waals surface area contributed by atoms with E-state index in [9.17, 15) is 19.8 Å². The first-order valence-corrected chi connectivity index (χ1v) is 6.37. The number of carbonyl (C=O) groups excluding carboxylic acids is 1. The third kappa shape index (κ3) is 3.39. The van der Waals surface area contributed by atoms with E-state index in [1.165, 1.54) is 12.1 Å². The molecule has 0 unspecified atom stereocenters. The van der Waals surface area contributed by atoms with Crippen LogP contribution in [-0.4, -0.2) is 22.1 Å². The fraction of sp³-hybridized carbons (Fsp3) is 0.125. The number of aryl methyl sites for hydroxylation is 1. The number of carboxylic acid groups (broad SMARTS) is 1. The van der Waals surface area contributed by atoms with Crippen LogP contribution >= 0.6 is 0 Å². The van der Waals surface area contributed by atoms with Crippen LogP contribution in [-0.2, 0) is 4.79 Å². The molecule has 21 heavy (non-hydrogen) atoms. The summed E-state index contributed by atoms with van der Waals surface area (Å²) in [6.45, 7) is 1.71. The fourth-order valence-electron chi connectivity index (χ4n) is 1.90. The van der Waals surface area contributed by atoms with E-state index in [2.05, 4.69) is 5.32 Å². The molecule has 0 aliphatic heterocycles. The van der Waals surface area contributed by atoms with E-state index in [4.69, 9.17) is 0 Å². The Balaban J connectivity index is 2.23. The van der Waals surface area contributed by atoms with Crippen molar-refractivity contribution in [2.24, 2.45) is 0 Å². The lowest BCUT2D eigenvalue weighted by Gasteiger charge is -2.15. The van der Waals surface area contributed by atoms with E-state index >= 15 is 0 Å². The molecule has 5 nitrogen and oxygen atoms in total. The van der Waals surface area contributed by atoms with Crippen LogP contribution in [0.1, 0.15) is 27.5 Å². The number of nitrogens with one attached hydrogen (secondary N) is 1. The summed E-state index contributed by atoms with van der Waals surface area (Å²) in [4.78, 5) is 23.4. The van der Waals surface area contributed by atoms with Crippen molar-refractivity contribution >= 4 is 11.9 Å². The smallest absolute Gasteiger partial charge is 0.330 e. The number of amides is 1. The summed E-state index contributed by atoms with van der Waals surface area (Å²) in [6.07, 6.45) is 0. The van der Waals surface area contributed by atoms with Crippen molar-refractivity contribution in [1.82, 2.24) is 5.32 Å². The Labute approximate surface area is 121 Å². The molecule has 0 spiro atoms. The normalized spacial score (nSPS) is 11.7. The lowest BCUT2D eigenvalue weighted by atomic mass is 10.1. The van der Waals surface area contributed by atoms with E-state index in [-0.39, 0.29) is 11.3 Å². The number of rotatable bonds is 4. The van der Waals surface area contributed by atoms with Gasteiger partial charge in [0.1, 0.15) is 5.75 Å². The average Bonchev–Trinajstić information content (AvgIpc) is 2.48. The molecule has 1 atom stereocenters. The van der Waals surface area contributed by atoms with Gasteiger partial charge < -0.3 is 15.5 Å². The van der Waals surface area contributed by atoms with Crippen LogP contribution in [0.5, 0.6) is 5.75 Å². The number of carboxylic acids is 1. The summed E-state index contributed by atoms with van der Waals surface area (Å²) in [5, 5.41) is 21.3. The SMILES string of the molecule is Cc1ccc(C(=O)N[C@@H](C(=O)O)c2ccccc2)cc1O. The van der Waals surface area contributed by atoms with Crippen LogP contribution in [0.3, 0.4) is 0 Å². The molecule has 2 aromatic rings. The zero-order valence-corrected chi connectivity index (χ0v) is 11.4. The molecule has 0 heterocycles. The van der Waals surface area contributed by atoms with Gasteiger partial charge in [0.05, 0.1) is 0 Å². The summed E-state index contributed by atoms with van der Waals surface area (Å²) in [5.74, 6) is -1.71. The molecule has 3 N–H and O–H groups in total. The zero-order valence-electron chi connectivity index (χ0n) is 11.4. The topological polar surface area (TPSA) is 86.6 Å². The molecule has 0 bridgehead atoms. The average molecular weight is 285 g/mol. The van der Waals surface area contributed by atoms with Gasteiger partial charge in [-0.05, 0) is 30.2 Å². The van der Waals surface area contributed by atoms with Crippen molar-refractivity contribution in [2.45, 2.75) is 13.0 Å². The highest BCUT2D eigenvalue weighted by atomic mass is 16.4. The van der Waals surface area contributed by atoms with Gasteiger partial charge in [-0.2, -0.15) is 0 Å². The van der Waals surface area contributed by atoms with Crippen LogP contribution in [0.4, 0.5) is 0 Å². The number of carbonyl (C=O) groups is 2. The summed E-state index contributed by atoms with van der Waals surface area (Å²) < 4.78 is 0. The first-order chi connectivity index (χ1) is 9.99. The Bertz CT molecular complexity index is 667. The second-order valence-corrected chi connectivity index (χ2v) is 4.66. The molecular weight excluding hydrogens is 270 g/mol. The highest BCUT2D eigenvalue weighted by molar-refractivity contribution is 5.97. The second-order valence-electron chi connectivity index (χ2n) is 4.66. The van der Waals surface area contributed by atoms with E-state index in [1.807, 2.05) is 0 Å². The van der Waals surface area contributed by atoms with Gasteiger partial charge in [-0.1, -0.05) is 36.4 Å². The molecule has 0 aliphatic rings. The second kappa shape index (κ2) is 6.09. The Kier molecular flexibility index (Phi) is 4.23. The van der Waals surface area contributed by atoms with Gasteiger partial charge in [0.15, 0.2) is 6.04 Å². The monoisotopic (exact) mass is 285 g/mol. The lowest BCUT2D eigenvalue weighted by molar-refractivity contribution is -0.139. The summed E-state index contributed by atoms with van der Waals surface area (Å²) in [5.41, 5.74) is 1.33. The highest BCUT2D eigenvalue weighted by Crippen LogP contribution is 2.19. The van der Waals surface area contributed by atoms with E-state index < -0.39 is 17.9 Å². The van der Waals surface area contributed by atoms with Gasteiger partial charge in [-0.3, -0.25) is 4.79 Å². The fourth-order valence-corrected chi connectivity index (χ4v) is 1.90. The predicted molar refractivity (Wildman–Crippen MR) is 77.1 cm³/mol. The molecule has 0 radical (unpaired) electrons. The zero-order chi connectivity index (χ0) is 15.4. The standard InChI is InChI=1S/C16H15NO4/c1-10-7-8-12(9-13(10)18)15(19)17-14(16(20)21)11-5-3-2-4-6-11/h2-9,14,18H,1H3,(H,17,19)(H,20,21)/t14-/m1/s1. The number of aromatic hydroxyl groups is 1. The summed E-state index contributed by atoms with van der Waals surface area (Å²) in [7, 11) is 0. The highest BCUT2D eigenvalue weighted by Gasteiger charge is 2.22. The number of phenols is 1. The first kappa shape index (κ1) is 14.6. The van der Waals surface area contributed by atoms with Crippen LogP contribution in [0, 0.1) is 6.92 Å². The van der Waals surface area contributed by atoms with Gasteiger partial charge in [0.2, 0.25) is 0 Å². The first-order valence-electron chi connectivity index (χ1n) is 6.37. The molecular formula is C16H15NO4. The minimum absolute atomic E-state index is 0.00534. The number of phenolic OH excluding ortho intramolecular Hbond substituents is 1. The molecule has 0 aromatic heterocycles. The third-order valence-corrected chi connectivity index (χ3v) is 3.13. The van der Waals surface area contributed by atoms with Crippen molar-refractivity contribution in [3.63, 3.8) is 0 Å². The van der Waals surface area contributed by atoms with Crippen LogP contribution in [0.2, 0.25) is 0 Å².